The van der Waals surface area contributed by atoms with E-state index in [1.54, 1.807) is 0 Å². The molecule has 3 aliphatic rings. The summed E-state index contributed by atoms with van der Waals surface area (Å²) in [5.74, 6) is 0.572. The van der Waals surface area contributed by atoms with Crippen LogP contribution in [0.5, 0.6) is 0 Å². The van der Waals surface area contributed by atoms with E-state index in [4.69, 9.17) is 5.73 Å². The third kappa shape index (κ3) is 1.70. The molecule has 0 amide bonds. The van der Waals surface area contributed by atoms with E-state index >= 15 is 0 Å². The van der Waals surface area contributed by atoms with Crippen molar-refractivity contribution in [1.82, 2.24) is 0 Å². The Morgan fingerprint density at radius 1 is 0.731 bits per heavy atom. The number of benzene rings is 3. The number of hydrogen-bond acceptors (Lipinski definition) is 1. The summed E-state index contributed by atoms with van der Waals surface area (Å²) in [5, 5.41) is 0. The van der Waals surface area contributed by atoms with Gasteiger partial charge in [-0.15, -0.1) is 0 Å². The Bertz CT molecular complexity index is 1040. The molecule has 0 saturated heterocycles. The second-order valence-corrected chi connectivity index (χ2v) is 8.03. The SMILES string of the molecule is Cc1cc2c(c(C)c1N)C1c3ccccc3C2c2cc(C)c([NH3+])c(C)c21. The second-order valence-electron chi connectivity index (χ2n) is 8.03. The summed E-state index contributed by atoms with van der Waals surface area (Å²) in [4.78, 5) is 0. The van der Waals surface area contributed by atoms with Gasteiger partial charge in [-0.1, -0.05) is 30.3 Å². The molecule has 6 rings (SSSR count). The summed E-state index contributed by atoms with van der Waals surface area (Å²) in [6.07, 6.45) is 0. The van der Waals surface area contributed by atoms with Gasteiger partial charge in [0.15, 0.2) is 0 Å². The molecule has 0 aliphatic heterocycles. The number of nitrogens with two attached hydrogens (primary N) is 1. The Morgan fingerprint density at radius 3 is 1.92 bits per heavy atom. The van der Waals surface area contributed by atoms with E-state index in [0.29, 0.717) is 5.92 Å². The summed E-state index contributed by atoms with van der Waals surface area (Å²) in [5.41, 5.74) is 26.7. The highest BCUT2D eigenvalue weighted by atomic mass is 14.6. The molecule has 0 heterocycles. The van der Waals surface area contributed by atoms with Crippen LogP contribution in [0.1, 0.15) is 67.5 Å². The molecule has 2 unspecified atom stereocenters. The van der Waals surface area contributed by atoms with Gasteiger partial charge in [-0.2, -0.15) is 0 Å². The minimum absolute atomic E-state index is 0.269. The maximum atomic E-state index is 6.46. The van der Waals surface area contributed by atoms with Crippen molar-refractivity contribution in [2.24, 2.45) is 0 Å². The van der Waals surface area contributed by atoms with Gasteiger partial charge in [0.2, 0.25) is 0 Å². The van der Waals surface area contributed by atoms with Crippen molar-refractivity contribution in [1.29, 1.82) is 0 Å². The van der Waals surface area contributed by atoms with Crippen LogP contribution in [-0.4, -0.2) is 0 Å². The van der Waals surface area contributed by atoms with Crippen LogP contribution >= 0.6 is 0 Å². The van der Waals surface area contributed by atoms with Gasteiger partial charge in [-0.25, -0.2) is 0 Å². The van der Waals surface area contributed by atoms with Crippen LogP contribution < -0.4 is 11.5 Å². The van der Waals surface area contributed by atoms with Crippen molar-refractivity contribution in [2.75, 3.05) is 5.73 Å². The zero-order chi connectivity index (χ0) is 18.3. The topological polar surface area (TPSA) is 53.7 Å². The fourth-order valence-corrected chi connectivity index (χ4v) is 5.36. The molecule has 130 valence electrons. The molecule has 0 saturated carbocycles. The first kappa shape index (κ1) is 15.7. The lowest BCUT2D eigenvalue weighted by Gasteiger charge is -2.44. The number of hydrogen-bond donors (Lipinski definition) is 2. The quantitative estimate of drug-likeness (QED) is 0.404. The van der Waals surface area contributed by atoms with Crippen molar-refractivity contribution in [3.63, 3.8) is 0 Å². The number of nitrogen functional groups attached to an aromatic ring is 1. The van der Waals surface area contributed by atoms with Gasteiger partial charge in [0.05, 0.1) is 0 Å². The molecule has 26 heavy (non-hydrogen) atoms. The smallest absolute Gasteiger partial charge is 0.134 e. The molecule has 3 aromatic rings. The van der Waals surface area contributed by atoms with Gasteiger partial charge in [-0.3, -0.25) is 0 Å². The highest BCUT2D eigenvalue weighted by Crippen LogP contribution is 2.58. The first-order valence-corrected chi connectivity index (χ1v) is 9.36. The normalized spacial score (nSPS) is 19.1. The monoisotopic (exact) mass is 341 g/mol. The van der Waals surface area contributed by atoms with Crippen molar-refractivity contribution in [3.05, 3.63) is 92.0 Å². The molecule has 0 spiro atoms. The molecule has 2 bridgehead atoms. The number of anilines is 1. The summed E-state index contributed by atoms with van der Waals surface area (Å²) in [6.45, 7) is 8.75. The van der Waals surface area contributed by atoms with Crippen LogP contribution in [0, 0.1) is 27.7 Å². The summed E-state index contributed by atoms with van der Waals surface area (Å²) in [6, 6.07) is 13.7. The van der Waals surface area contributed by atoms with Crippen LogP contribution in [0.4, 0.5) is 11.4 Å². The Hall–Kier alpha value is -2.58. The van der Waals surface area contributed by atoms with Gasteiger partial charge < -0.3 is 11.5 Å². The standard InChI is InChI=1S/C24H24N2/c1-11-9-17-19(13(3)23(11)25)22-16-8-6-5-7-15(16)21(17)18-10-12(2)24(26)14(4)20(18)22/h5-10,21-22H,25-26H2,1-4H3/p+1. The predicted octanol–water partition coefficient (Wildman–Crippen LogP) is 4.36. The lowest BCUT2D eigenvalue weighted by atomic mass is 9.59. The Balaban J connectivity index is 1.96. The van der Waals surface area contributed by atoms with E-state index in [1.807, 2.05) is 0 Å². The Labute approximate surface area is 154 Å². The van der Waals surface area contributed by atoms with E-state index in [9.17, 15) is 0 Å². The van der Waals surface area contributed by atoms with Gasteiger partial charge in [-0.05, 0) is 78.3 Å². The third-order valence-electron chi connectivity index (χ3n) is 6.75. The Kier molecular flexibility index (Phi) is 3.00. The lowest BCUT2D eigenvalue weighted by molar-refractivity contribution is -0.256. The van der Waals surface area contributed by atoms with Crippen LogP contribution in [0.25, 0.3) is 0 Å². The highest BCUT2D eigenvalue weighted by molar-refractivity contribution is 5.76. The van der Waals surface area contributed by atoms with Crippen LogP contribution in [0.3, 0.4) is 0 Å². The molecule has 2 atom stereocenters. The Morgan fingerprint density at radius 2 is 1.27 bits per heavy atom. The molecular formula is C24H25N2+. The van der Waals surface area contributed by atoms with Crippen molar-refractivity contribution >= 4 is 11.4 Å². The van der Waals surface area contributed by atoms with E-state index in [-0.39, 0.29) is 5.92 Å². The maximum absolute atomic E-state index is 6.46. The average molecular weight is 341 g/mol. The molecule has 2 nitrogen and oxygen atoms in total. The number of rotatable bonds is 0. The second kappa shape index (κ2) is 4.99. The minimum Gasteiger partial charge on any atom is -0.398 e. The first-order valence-electron chi connectivity index (χ1n) is 9.36. The summed E-state index contributed by atoms with van der Waals surface area (Å²) in [7, 11) is 0. The molecule has 0 radical (unpaired) electrons. The first-order chi connectivity index (χ1) is 12.4. The van der Waals surface area contributed by atoms with Gasteiger partial charge >= 0.3 is 0 Å². The van der Waals surface area contributed by atoms with E-state index in [1.165, 1.54) is 61.3 Å². The minimum atomic E-state index is 0.269. The fraction of sp³-hybridized carbons (Fsp3) is 0.250. The highest BCUT2D eigenvalue weighted by Gasteiger charge is 2.44. The zero-order valence-corrected chi connectivity index (χ0v) is 15.9. The lowest BCUT2D eigenvalue weighted by Crippen LogP contribution is -2.43. The molecule has 0 aromatic heterocycles. The van der Waals surface area contributed by atoms with Crippen molar-refractivity contribution in [3.8, 4) is 0 Å². The molecule has 0 fully saturated rings. The van der Waals surface area contributed by atoms with Gasteiger partial charge in [0, 0.05) is 28.7 Å². The van der Waals surface area contributed by atoms with E-state index in [2.05, 4.69) is 69.8 Å². The van der Waals surface area contributed by atoms with Crippen molar-refractivity contribution in [2.45, 2.75) is 39.5 Å². The number of quaternary nitrogens is 1. The van der Waals surface area contributed by atoms with Crippen molar-refractivity contribution < 1.29 is 5.73 Å². The number of aryl methyl sites for hydroxylation is 2. The van der Waals surface area contributed by atoms with Crippen LogP contribution in [0.2, 0.25) is 0 Å². The summed E-state index contributed by atoms with van der Waals surface area (Å²) < 4.78 is 0. The molecule has 2 heteroatoms. The average Bonchev–Trinajstić information content (AvgIpc) is 2.63. The summed E-state index contributed by atoms with van der Waals surface area (Å²) >= 11 is 0. The van der Waals surface area contributed by atoms with Crippen LogP contribution in [0.15, 0.2) is 36.4 Å². The van der Waals surface area contributed by atoms with E-state index in [0.717, 1.165) is 5.69 Å². The predicted molar refractivity (Wildman–Crippen MR) is 107 cm³/mol. The zero-order valence-electron chi connectivity index (χ0n) is 15.9. The largest absolute Gasteiger partial charge is 0.398 e. The molecule has 3 aromatic carbocycles. The molecule has 3 aliphatic carbocycles. The van der Waals surface area contributed by atoms with Gasteiger partial charge in [0.25, 0.3) is 0 Å². The van der Waals surface area contributed by atoms with Crippen LogP contribution in [-0.2, 0) is 0 Å². The fourth-order valence-electron chi connectivity index (χ4n) is 5.36. The molecule has 5 N–H and O–H groups in total. The molecular weight excluding hydrogens is 316 g/mol. The third-order valence-corrected chi connectivity index (χ3v) is 6.75. The maximum Gasteiger partial charge on any atom is 0.134 e. The van der Waals surface area contributed by atoms with E-state index < -0.39 is 0 Å². The van der Waals surface area contributed by atoms with Gasteiger partial charge in [0.1, 0.15) is 5.69 Å².